The van der Waals surface area contributed by atoms with Crippen LogP contribution in [0.4, 0.5) is 13.2 Å². The predicted molar refractivity (Wildman–Crippen MR) is 111 cm³/mol. The third-order valence-electron chi connectivity index (χ3n) is 5.81. The molecule has 1 N–H and O–H groups in total. The molecule has 1 aromatic heterocycles. The van der Waals surface area contributed by atoms with Gasteiger partial charge in [-0.1, -0.05) is 12.1 Å². The van der Waals surface area contributed by atoms with Gasteiger partial charge in [0.2, 0.25) is 0 Å². The number of hydrogen-bond donors (Lipinski definition) is 1. The Hall–Kier alpha value is -2.06. The number of carbonyl (C=O) groups excluding carboxylic acids is 1. The number of rotatable bonds is 4. The minimum atomic E-state index is -4.75. The van der Waals surface area contributed by atoms with Gasteiger partial charge >= 0.3 is 6.36 Å². The van der Waals surface area contributed by atoms with Crippen molar-refractivity contribution in [3.05, 3.63) is 40.3 Å². The molecule has 30 heavy (non-hydrogen) atoms. The molecule has 3 heterocycles. The first-order chi connectivity index (χ1) is 14.3. The van der Waals surface area contributed by atoms with Gasteiger partial charge < -0.3 is 15.0 Å². The van der Waals surface area contributed by atoms with Crippen LogP contribution in [0.1, 0.15) is 52.4 Å². The summed E-state index contributed by atoms with van der Waals surface area (Å²) in [5, 5.41) is 3.23. The van der Waals surface area contributed by atoms with Gasteiger partial charge in [0.25, 0.3) is 5.91 Å². The Morgan fingerprint density at radius 3 is 2.53 bits per heavy atom. The molecule has 2 saturated heterocycles. The summed E-state index contributed by atoms with van der Waals surface area (Å²) in [5.41, 5.74) is 2.09. The number of thiophene rings is 1. The number of aryl methyl sites for hydroxylation is 1. The fourth-order valence-corrected chi connectivity index (χ4v) is 5.41. The molecule has 2 aromatic rings. The number of nitrogens with zero attached hydrogens (tertiary/aromatic N) is 1. The van der Waals surface area contributed by atoms with Crippen LogP contribution >= 0.6 is 11.3 Å². The summed E-state index contributed by atoms with van der Waals surface area (Å²) in [4.78, 5) is 16.1. The minimum Gasteiger partial charge on any atom is -0.405 e. The lowest BCUT2D eigenvalue weighted by atomic mass is 9.89. The molecule has 0 atom stereocenters. The lowest BCUT2D eigenvalue weighted by molar-refractivity contribution is -0.275. The Kier molecular flexibility index (Phi) is 6.06. The second-order valence-corrected chi connectivity index (χ2v) is 9.00. The first kappa shape index (κ1) is 21.2. The highest BCUT2D eigenvalue weighted by Gasteiger charge is 2.33. The van der Waals surface area contributed by atoms with Crippen LogP contribution in [0.2, 0.25) is 0 Å². The molecule has 1 aromatic carbocycles. The zero-order chi connectivity index (χ0) is 21.3. The summed E-state index contributed by atoms with van der Waals surface area (Å²) in [6.07, 6.45) is -1.17. The number of piperidine rings is 1. The van der Waals surface area contributed by atoms with Crippen LogP contribution in [0, 0.1) is 6.92 Å². The van der Waals surface area contributed by atoms with Gasteiger partial charge in [-0.3, -0.25) is 4.79 Å². The van der Waals surface area contributed by atoms with E-state index in [1.54, 1.807) is 6.07 Å². The van der Waals surface area contributed by atoms with Gasteiger partial charge in [0, 0.05) is 18.0 Å². The largest absolute Gasteiger partial charge is 0.573 e. The topological polar surface area (TPSA) is 41.6 Å². The van der Waals surface area contributed by atoms with Crippen molar-refractivity contribution in [1.29, 1.82) is 0 Å². The van der Waals surface area contributed by atoms with E-state index in [4.69, 9.17) is 0 Å². The number of likely N-dealkylation sites (tertiary alicyclic amines) is 1. The zero-order valence-electron chi connectivity index (χ0n) is 16.8. The summed E-state index contributed by atoms with van der Waals surface area (Å²) in [5.74, 6) is -0.0836. The van der Waals surface area contributed by atoms with E-state index in [0.717, 1.165) is 62.3 Å². The molecule has 8 heteroatoms. The molecule has 2 fully saturated rings. The number of hydrogen-bond acceptors (Lipinski definition) is 4. The van der Waals surface area contributed by atoms with E-state index in [1.165, 1.54) is 17.4 Å². The third kappa shape index (κ3) is 4.64. The molecule has 0 radical (unpaired) electrons. The van der Waals surface area contributed by atoms with E-state index in [2.05, 4.69) is 10.1 Å². The number of nitrogens with one attached hydrogen (secondary N) is 1. The van der Waals surface area contributed by atoms with Gasteiger partial charge in [0.15, 0.2) is 0 Å². The van der Waals surface area contributed by atoms with Crippen molar-refractivity contribution in [3.8, 4) is 16.2 Å². The zero-order valence-corrected chi connectivity index (χ0v) is 17.7. The second-order valence-electron chi connectivity index (χ2n) is 7.95. The molecule has 0 spiro atoms. The van der Waals surface area contributed by atoms with Crippen molar-refractivity contribution < 1.29 is 22.7 Å². The highest BCUT2D eigenvalue weighted by Crippen LogP contribution is 2.40. The number of amides is 1. The number of benzene rings is 1. The number of halogens is 3. The molecule has 0 unspecified atom stereocenters. The summed E-state index contributed by atoms with van der Waals surface area (Å²) in [6, 6.07) is 6.95. The van der Waals surface area contributed by atoms with Gasteiger partial charge in [0.05, 0.1) is 4.88 Å². The van der Waals surface area contributed by atoms with Gasteiger partial charge in [0.1, 0.15) is 5.75 Å². The molecule has 0 bridgehead atoms. The molecule has 162 valence electrons. The first-order valence-corrected chi connectivity index (χ1v) is 11.1. The average Bonchev–Trinajstić information content (AvgIpc) is 3.37. The molecule has 4 nitrogen and oxygen atoms in total. The monoisotopic (exact) mass is 438 g/mol. The average molecular weight is 439 g/mol. The molecule has 0 aliphatic carbocycles. The Morgan fingerprint density at radius 1 is 1.17 bits per heavy atom. The molecule has 4 rings (SSSR count). The van der Waals surface area contributed by atoms with Crippen molar-refractivity contribution in [2.45, 2.75) is 44.9 Å². The van der Waals surface area contributed by atoms with E-state index in [0.29, 0.717) is 16.0 Å². The van der Waals surface area contributed by atoms with Crippen molar-refractivity contribution in [2.75, 3.05) is 26.2 Å². The fraction of sp³-hybridized carbons (Fsp3) is 0.500. The number of ether oxygens (including phenoxy) is 1. The maximum absolute atomic E-state index is 13.1. The van der Waals surface area contributed by atoms with Crippen molar-refractivity contribution in [3.63, 3.8) is 0 Å². The molecule has 2 aliphatic rings. The lowest BCUT2D eigenvalue weighted by Crippen LogP contribution is -2.27. The van der Waals surface area contributed by atoms with Crippen LogP contribution in [0.3, 0.4) is 0 Å². The van der Waals surface area contributed by atoms with Crippen LogP contribution < -0.4 is 10.1 Å². The Balaban J connectivity index is 1.66. The van der Waals surface area contributed by atoms with Gasteiger partial charge in [-0.2, -0.15) is 0 Å². The lowest BCUT2D eigenvalue weighted by Gasteiger charge is -2.25. The molecule has 1 amide bonds. The molecule has 0 saturated carbocycles. The van der Waals surface area contributed by atoms with Crippen LogP contribution in [0.25, 0.3) is 10.4 Å². The standard InChI is InChI=1S/C22H25F3N2O2S/c1-14-12-19(30-20(14)21(28)27-10-2-3-11-27)16-4-5-17(15-6-8-26-9-7-15)18(13-16)29-22(23,24)25/h4-5,12-13,15,26H,2-3,6-11H2,1H3. The van der Waals surface area contributed by atoms with Crippen molar-refractivity contribution in [2.24, 2.45) is 0 Å². The smallest absolute Gasteiger partial charge is 0.405 e. The highest BCUT2D eigenvalue weighted by atomic mass is 32.1. The summed E-state index contributed by atoms with van der Waals surface area (Å²) < 4.78 is 43.7. The maximum atomic E-state index is 13.1. The van der Waals surface area contributed by atoms with Gasteiger partial charge in [-0.25, -0.2) is 0 Å². The van der Waals surface area contributed by atoms with E-state index in [9.17, 15) is 18.0 Å². The van der Waals surface area contributed by atoms with Crippen LogP contribution in [-0.2, 0) is 0 Å². The van der Waals surface area contributed by atoms with Crippen LogP contribution in [0.15, 0.2) is 24.3 Å². The summed E-state index contributed by atoms with van der Waals surface area (Å²) >= 11 is 1.34. The quantitative estimate of drug-likeness (QED) is 0.702. The van der Waals surface area contributed by atoms with E-state index >= 15 is 0 Å². The van der Waals surface area contributed by atoms with Gasteiger partial charge in [-0.15, -0.1) is 24.5 Å². The highest BCUT2D eigenvalue weighted by molar-refractivity contribution is 7.17. The first-order valence-electron chi connectivity index (χ1n) is 10.3. The molecular formula is C22H25F3N2O2S. The van der Waals surface area contributed by atoms with E-state index in [1.807, 2.05) is 24.0 Å². The number of carbonyl (C=O) groups is 1. The normalized spacial score (nSPS) is 18.1. The van der Waals surface area contributed by atoms with Crippen LogP contribution in [-0.4, -0.2) is 43.3 Å². The Morgan fingerprint density at radius 2 is 1.87 bits per heavy atom. The summed E-state index contributed by atoms with van der Waals surface area (Å²) in [6.45, 7) is 4.97. The van der Waals surface area contributed by atoms with Crippen molar-refractivity contribution in [1.82, 2.24) is 10.2 Å². The second kappa shape index (κ2) is 8.59. The number of alkyl halides is 3. The van der Waals surface area contributed by atoms with Gasteiger partial charge in [-0.05, 0) is 80.4 Å². The molecule has 2 aliphatic heterocycles. The third-order valence-corrected chi connectivity index (χ3v) is 7.08. The van der Waals surface area contributed by atoms with Crippen LogP contribution in [0.5, 0.6) is 5.75 Å². The molecular weight excluding hydrogens is 413 g/mol. The predicted octanol–water partition coefficient (Wildman–Crippen LogP) is 5.33. The fourth-order valence-electron chi connectivity index (χ4n) is 4.27. The maximum Gasteiger partial charge on any atom is 0.573 e. The Labute approximate surface area is 178 Å². The Bertz CT molecular complexity index is 914. The summed E-state index contributed by atoms with van der Waals surface area (Å²) in [7, 11) is 0. The van der Waals surface area contributed by atoms with E-state index < -0.39 is 6.36 Å². The van der Waals surface area contributed by atoms with E-state index in [-0.39, 0.29) is 17.6 Å². The SMILES string of the molecule is Cc1cc(-c2ccc(C3CCNCC3)c(OC(F)(F)F)c2)sc1C(=O)N1CCCC1. The minimum absolute atomic E-state index is 0.0133. The van der Waals surface area contributed by atoms with Crippen molar-refractivity contribution >= 4 is 17.2 Å².